The second-order valence-corrected chi connectivity index (χ2v) is 9.29. The van der Waals surface area contributed by atoms with Crippen molar-refractivity contribution in [3.63, 3.8) is 0 Å². The van der Waals surface area contributed by atoms with Crippen LogP contribution in [0.2, 0.25) is 5.02 Å². The molecule has 0 aliphatic heterocycles. The zero-order chi connectivity index (χ0) is 20.3. The van der Waals surface area contributed by atoms with Gasteiger partial charge in [-0.3, -0.25) is 4.79 Å². The maximum atomic E-state index is 13.9. The first-order chi connectivity index (χ1) is 13.3. The standard InChI is InChI=1S/C20H22ClFN2O3S/c1-24(15-6-3-2-4-7-15)28(26,27)16-12-10-14(11-13-16)23-20(25)19-17(21)8-5-9-18(19)22/h5,8-13,15H,2-4,6-7H2,1H3,(H,23,25). The number of carbonyl (C=O) groups excluding carboxylic acids is 1. The average Bonchev–Trinajstić information content (AvgIpc) is 2.68. The van der Waals surface area contributed by atoms with Gasteiger partial charge in [-0.25, -0.2) is 12.8 Å². The maximum absolute atomic E-state index is 13.9. The lowest BCUT2D eigenvalue weighted by Crippen LogP contribution is -2.38. The summed E-state index contributed by atoms with van der Waals surface area (Å²) in [6.45, 7) is 0. The van der Waals surface area contributed by atoms with E-state index in [0.717, 1.165) is 38.2 Å². The van der Waals surface area contributed by atoms with Crippen LogP contribution in [0.4, 0.5) is 10.1 Å². The number of nitrogens with one attached hydrogen (secondary N) is 1. The first-order valence-corrected chi connectivity index (χ1v) is 11.0. The van der Waals surface area contributed by atoms with Crippen molar-refractivity contribution >= 4 is 33.2 Å². The first-order valence-electron chi connectivity index (χ1n) is 9.14. The van der Waals surface area contributed by atoms with Crippen molar-refractivity contribution in [3.05, 3.63) is 58.9 Å². The molecule has 1 N–H and O–H groups in total. The van der Waals surface area contributed by atoms with Gasteiger partial charge in [0.15, 0.2) is 0 Å². The van der Waals surface area contributed by atoms with Crippen LogP contribution in [0.25, 0.3) is 0 Å². The first kappa shape index (κ1) is 20.8. The zero-order valence-electron chi connectivity index (χ0n) is 15.5. The van der Waals surface area contributed by atoms with E-state index in [1.165, 1.54) is 40.7 Å². The number of hydrogen-bond donors (Lipinski definition) is 1. The third kappa shape index (κ3) is 4.37. The molecule has 5 nitrogen and oxygen atoms in total. The van der Waals surface area contributed by atoms with Gasteiger partial charge in [-0.15, -0.1) is 0 Å². The Bertz CT molecular complexity index is 938. The molecule has 0 heterocycles. The molecule has 1 aliphatic rings. The molecule has 0 aromatic heterocycles. The van der Waals surface area contributed by atoms with Crippen LogP contribution in [0.5, 0.6) is 0 Å². The highest BCUT2D eigenvalue weighted by Crippen LogP contribution is 2.27. The highest BCUT2D eigenvalue weighted by molar-refractivity contribution is 7.89. The van der Waals surface area contributed by atoms with Crippen LogP contribution >= 0.6 is 11.6 Å². The van der Waals surface area contributed by atoms with Gasteiger partial charge in [0.2, 0.25) is 10.0 Å². The number of sulfonamides is 1. The molecular formula is C20H22ClFN2O3S. The molecule has 2 aromatic rings. The van der Waals surface area contributed by atoms with E-state index in [0.29, 0.717) is 5.69 Å². The minimum Gasteiger partial charge on any atom is -0.322 e. The summed E-state index contributed by atoms with van der Waals surface area (Å²) >= 11 is 5.90. The Morgan fingerprint density at radius 2 is 1.75 bits per heavy atom. The van der Waals surface area contributed by atoms with Gasteiger partial charge in [-0.2, -0.15) is 4.31 Å². The van der Waals surface area contributed by atoms with Gasteiger partial charge in [0, 0.05) is 18.8 Å². The van der Waals surface area contributed by atoms with E-state index in [9.17, 15) is 17.6 Å². The fraction of sp³-hybridized carbons (Fsp3) is 0.350. The minimum atomic E-state index is -3.61. The smallest absolute Gasteiger partial charge is 0.260 e. The maximum Gasteiger partial charge on any atom is 0.260 e. The van der Waals surface area contributed by atoms with E-state index in [4.69, 9.17) is 11.6 Å². The highest BCUT2D eigenvalue weighted by Gasteiger charge is 2.29. The molecule has 1 saturated carbocycles. The summed E-state index contributed by atoms with van der Waals surface area (Å²) in [4.78, 5) is 12.4. The van der Waals surface area contributed by atoms with Crippen molar-refractivity contribution in [3.8, 4) is 0 Å². The van der Waals surface area contributed by atoms with E-state index >= 15 is 0 Å². The number of amides is 1. The third-order valence-electron chi connectivity index (χ3n) is 5.07. The summed E-state index contributed by atoms with van der Waals surface area (Å²) in [5, 5.41) is 2.54. The predicted octanol–water partition coefficient (Wildman–Crippen LogP) is 4.68. The molecule has 0 bridgehead atoms. The van der Waals surface area contributed by atoms with Crippen molar-refractivity contribution in [1.29, 1.82) is 0 Å². The number of anilines is 1. The van der Waals surface area contributed by atoms with Gasteiger partial charge in [0.1, 0.15) is 5.82 Å². The lowest BCUT2D eigenvalue weighted by atomic mass is 9.96. The van der Waals surface area contributed by atoms with Gasteiger partial charge in [0.05, 0.1) is 15.5 Å². The molecule has 0 atom stereocenters. The zero-order valence-corrected chi connectivity index (χ0v) is 17.1. The minimum absolute atomic E-state index is 0.00537. The van der Waals surface area contributed by atoms with E-state index < -0.39 is 21.7 Å². The van der Waals surface area contributed by atoms with E-state index in [1.807, 2.05) is 0 Å². The van der Waals surface area contributed by atoms with Crippen molar-refractivity contribution in [2.45, 2.75) is 43.0 Å². The SMILES string of the molecule is CN(C1CCCCC1)S(=O)(=O)c1ccc(NC(=O)c2c(F)cccc2Cl)cc1. The second kappa shape index (κ2) is 8.59. The van der Waals surface area contributed by atoms with Crippen molar-refractivity contribution in [2.75, 3.05) is 12.4 Å². The number of rotatable bonds is 5. The van der Waals surface area contributed by atoms with Crippen LogP contribution in [-0.2, 0) is 10.0 Å². The summed E-state index contributed by atoms with van der Waals surface area (Å²) < 4.78 is 41.0. The molecular weight excluding hydrogens is 403 g/mol. The molecule has 150 valence electrons. The number of hydrogen-bond acceptors (Lipinski definition) is 3. The number of carbonyl (C=O) groups is 1. The van der Waals surface area contributed by atoms with Crippen LogP contribution in [0.15, 0.2) is 47.4 Å². The number of nitrogens with zero attached hydrogens (tertiary/aromatic N) is 1. The predicted molar refractivity (Wildman–Crippen MR) is 108 cm³/mol. The molecule has 1 aliphatic carbocycles. The topological polar surface area (TPSA) is 66.5 Å². The molecule has 1 amide bonds. The lowest BCUT2D eigenvalue weighted by molar-refractivity contribution is 0.102. The molecule has 0 radical (unpaired) electrons. The summed E-state index contributed by atoms with van der Waals surface area (Å²) in [6, 6.07) is 9.84. The quantitative estimate of drug-likeness (QED) is 0.757. The third-order valence-corrected chi connectivity index (χ3v) is 7.31. The monoisotopic (exact) mass is 424 g/mol. The number of benzene rings is 2. The van der Waals surface area contributed by atoms with Crippen molar-refractivity contribution in [1.82, 2.24) is 4.31 Å². The Morgan fingerprint density at radius 1 is 1.11 bits per heavy atom. The van der Waals surface area contributed by atoms with Crippen LogP contribution in [0.1, 0.15) is 42.5 Å². The molecule has 0 spiro atoms. The van der Waals surface area contributed by atoms with Gasteiger partial charge >= 0.3 is 0 Å². The van der Waals surface area contributed by atoms with E-state index in [2.05, 4.69) is 5.32 Å². The van der Waals surface area contributed by atoms with Crippen molar-refractivity contribution < 1.29 is 17.6 Å². The van der Waals surface area contributed by atoms with Crippen molar-refractivity contribution in [2.24, 2.45) is 0 Å². The Hall–Kier alpha value is -1.96. The molecule has 28 heavy (non-hydrogen) atoms. The molecule has 8 heteroatoms. The summed E-state index contributed by atoms with van der Waals surface area (Å²) in [5.74, 6) is -1.42. The van der Waals surface area contributed by atoms with Crippen LogP contribution < -0.4 is 5.32 Å². The summed E-state index contributed by atoms with van der Waals surface area (Å²) in [5.41, 5.74) is 0.0986. The van der Waals surface area contributed by atoms with Crippen LogP contribution in [-0.4, -0.2) is 31.7 Å². The Kier molecular flexibility index (Phi) is 6.37. The van der Waals surface area contributed by atoms with E-state index in [1.54, 1.807) is 7.05 Å². The molecule has 1 fully saturated rings. The normalized spacial score (nSPS) is 15.6. The van der Waals surface area contributed by atoms with Gasteiger partial charge in [0.25, 0.3) is 5.91 Å². The fourth-order valence-corrected chi connectivity index (χ4v) is 5.09. The lowest BCUT2D eigenvalue weighted by Gasteiger charge is -2.30. The molecule has 0 unspecified atom stereocenters. The molecule has 2 aromatic carbocycles. The highest BCUT2D eigenvalue weighted by atomic mass is 35.5. The number of halogens is 2. The van der Waals surface area contributed by atoms with Gasteiger partial charge < -0.3 is 5.32 Å². The second-order valence-electron chi connectivity index (χ2n) is 6.89. The van der Waals surface area contributed by atoms with Crippen LogP contribution in [0.3, 0.4) is 0 Å². The van der Waals surface area contributed by atoms with E-state index in [-0.39, 0.29) is 21.5 Å². The summed E-state index contributed by atoms with van der Waals surface area (Å²) in [6.07, 6.45) is 4.95. The Balaban J connectivity index is 1.75. The fourth-order valence-electron chi connectivity index (χ4n) is 3.43. The molecule has 3 rings (SSSR count). The van der Waals surface area contributed by atoms with Crippen LogP contribution in [0, 0.1) is 5.82 Å². The summed E-state index contributed by atoms with van der Waals surface area (Å²) in [7, 11) is -2.00. The Morgan fingerprint density at radius 3 is 2.36 bits per heavy atom. The molecule has 0 saturated heterocycles. The van der Waals surface area contributed by atoms with Gasteiger partial charge in [-0.05, 0) is 49.2 Å². The average molecular weight is 425 g/mol. The van der Waals surface area contributed by atoms with Gasteiger partial charge in [-0.1, -0.05) is 36.9 Å². The Labute approximate surface area is 169 Å². The largest absolute Gasteiger partial charge is 0.322 e.